The van der Waals surface area contributed by atoms with E-state index in [0.717, 1.165) is 51.2 Å². The minimum atomic E-state index is -0.250. The summed E-state index contributed by atoms with van der Waals surface area (Å²) in [6.07, 6.45) is 46.2. The normalized spacial score (nSPS) is 11.4. The van der Waals surface area contributed by atoms with Crippen LogP contribution in [0.2, 0.25) is 0 Å². The Morgan fingerprint density at radius 2 is 1.00 bits per heavy atom. The van der Waals surface area contributed by atoms with E-state index in [4.69, 9.17) is 19.9 Å². The molecule has 0 aromatic rings. The van der Waals surface area contributed by atoms with Crippen molar-refractivity contribution in [3.8, 4) is 6.19 Å². The van der Waals surface area contributed by atoms with Gasteiger partial charge in [0.25, 0.3) is 6.47 Å². The zero-order valence-electron chi connectivity index (χ0n) is 39.2. The molecule has 58 heavy (non-hydrogen) atoms. The number of hydrogen-bond donors (Lipinski definition) is 2. The van der Waals surface area contributed by atoms with Crippen LogP contribution in [0.5, 0.6) is 0 Å². The van der Waals surface area contributed by atoms with E-state index < -0.39 is 0 Å². The lowest BCUT2D eigenvalue weighted by molar-refractivity contribution is -0.143. The summed E-state index contributed by atoms with van der Waals surface area (Å²) in [6, 6.07) is 0. The second-order valence-corrected chi connectivity index (χ2v) is 17.0. The van der Waals surface area contributed by atoms with Crippen molar-refractivity contribution >= 4 is 18.4 Å². The van der Waals surface area contributed by atoms with E-state index >= 15 is 0 Å². The van der Waals surface area contributed by atoms with Crippen molar-refractivity contribution in [1.82, 2.24) is 15.1 Å². The van der Waals surface area contributed by atoms with Gasteiger partial charge in [0.15, 0.2) is 6.19 Å². The van der Waals surface area contributed by atoms with E-state index in [2.05, 4.69) is 36.0 Å². The number of carbonyl (C=O) groups excluding carboxylic acids is 1. The Kier molecular flexibility index (Phi) is 48.8. The highest BCUT2D eigenvalue weighted by Gasteiger charge is 2.10. The van der Waals surface area contributed by atoms with Crippen molar-refractivity contribution in [3.05, 3.63) is 0 Å². The Morgan fingerprint density at radius 1 is 0.621 bits per heavy atom. The molecule has 0 aliphatic heterocycles. The summed E-state index contributed by atoms with van der Waals surface area (Å²) in [5, 5.41) is 18.6. The van der Waals surface area contributed by atoms with Crippen LogP contribution in [0.4, 0.5) is 0 Å². The first-order valence-electron chi connectivity index (χ1n) is 24.7. The van der Waals surface area contributed by atoms with Crippen LogP contribution in [-0.4, -0.2) is 80.2 Å². The quantitative estimate of drug-likeness (QED) is 0.0119. The molecule has 0 aromatic carbocycles. The molecule has 342 valence electrons. The summed E-state index contributed by atoms with van der Waals surface area (Å²) < 4.78 is 5.47. The number of guanidine groups is 1. The van der Waals surface area contributed by atoms with Crippen LogP contribution < -0.4 is 5.32 Å². The number of rotatable bonds is 42. The maximum Gasteiger partial charge on any atom is 0.305 e. The standard InChI is InChI=1S/C48H95N5O2.CH2O2/c1-6-9-12-15-18-27-34-44-55-47(54)39-31-24-20-26-33-42-53(43-35-40-50-48(51-45-49)52(4)5)41-32-25-19-23-30-38-46(36-28-21-16-13-10-7-2)37-29-22-17-14-11-8-3;2-1-3/h46H,6-44H2,1-5H3,(H,50,51);1H,(H,2,3). The molecule has 0 heterocycles. The van der Waals surface area contributed by atoms with Crippen LogP contribution in [0.1, 0.15) is 239 Å². The van der Waals surface area contributed by atoms with Crippen LogP contribution >= 0.6 is 0 Å². The number of nitrogens with one attached hydrogen (secondary N) is 1. The first kappa shape index (κ1) is 57.8. The average Bonchev–Trinajstić information content (AvgIpc) is 3.21. The Hall–Kier alpha value is -2.34. The summed E-state index contributed by atoms with van der Waals surface area (Å²) in [5.41, 5.74) is 0. The van der Waals surface area contributed by atoms with Gasteiger partial charge in [0.1, 0.15) is 0 Å². The second-order valence-electron chi connectivity index (χ2n) is 17.0. The monoisotopic (exact) mass is 820 g/mol. The van der Waals surface area contributed by atoms with E-state index in [1.54, 1.807) is 0 Å². The van der Waals surface area contributed by atoms with Gasteiger partial charge < -0.3 is 19.6 Å². The third kappa shape index (κ3) is 44.8. The Balaban J connectivity index is 0. The maximum atomic E-state index is 12.1. The van der Waals surface area contributed by atoms with Gasteiger partial charge in [-0.25, -0.2) is 0 Å². The fourth-order valence-corrected chi connectivity index (χ4v) is 7.77. The van der Waals surface area contributed by atoms with Gasteiger partial charge in [-0.15, -0.1) is 0 Å². The number of unbranched alkanes of at least 4 members (excludes halogenated alkanes) is 24. The van der Waals surface area contributed by atoms with E-state index in [1.807, 2.05) is 25.2 Å². The summed E-state index contributed by atoms with van der Waals surface area (Å²) in [6.45, 7) is 11.3. The maximum absolute atomic E-state index is 12.1. The van der Waals surface area contributed by atoms with Crippen molar-refractivity contribution in [1.29, 1.82) is 5.26 Å². The summed E-state index contributed by atoms with van der Waals surface area (Å²) >= 11 is 0. The number of esters is 1. The van der Waals surface area contributed by atoms with Gasteiger partial charge in [0.05, 0.1) is 6.61 Å². The molecule has 0 saturated heterocycles. The molecule has 0 fully saturated rings. The predicted molar refractivity (Wildman–Crippen MR) is 248 cm³/mol. The highest BCUT2D eigenvalue weighted by atomic mass is 16.5. The minimum absolute atomic E-state index is 0.0108. The number of carbonyl (C=O) groups is 2. The molecule has 2 N–H and O–H groups in total. The molecule has 0 aliphatic rings. The van der Waals surface area contributed by atoms with Gasteiger partial charge in [-0.1, -0.05) is 201 Å². The number of hydrogen-bond acceptors (Lipinski definition) is 6. The highest BCUT2D eigenvalue weighted by molar-refractivity contribution is 5.80. The molecule has 0 amide bonds. The molecule has 0 bridgehead atoms. The summed E-state index contributed by atoms with van der Waals surface area (Å²) in [7, 11) is 3.84. The fraction of sp³-hybridized carbons (Fsp3) is 0.918. The zero-order chi connectivity index (χ0) is 43.0. The predicted octanol–water partition coefficient (Wildman–Crippen LogP) is 13.5. The number of nitrogens with zero attached hydrogens (tertiary/aromatic N) is 4. The first-order chi connectivity index (χ1) is 28.4. The SMILES string of the molecule is CCCCCCCCCOC(=O)CCCCCCCN(CCCCCCCC(CCCCCCCC)CCCCCCCC)CCCN=C(NC#N)N(C)C.O=CO. The van der Waals surface area contributed by atoms with Gasteiger partial charge in [-0.3, -0.25) is 19.9 Å². The van der Waals surface area contributed by atoms with Gasteiger partial charge in [0.2, 0.25) is 5.96 Å². The third-order valence-electron chi connectivity index (χ3n) is 11.4. The molecule has 0 aromatic heterocycles. The zero-order valence-corrected chi connectivity index (χ0v) is 39.2. The molecule has 0 radical (unpaired) electrons. The summed E-state index contributed by atoms with van der Waals surface area (Å²) in [4.78, 5) is 29.6. The molecule has 0 aliphatic carbocycles. The number of ether oxygens (including phenoxy) is 1. The Morgan fingerprint density at radius 3 is 1.43 bits per heavy atom. The van der Waals surface area contributed by atoms with Crippen LogP contribution in [0.15, 0.2) is 4.99 Å². The molecule has 0 atom stereocenters. The largest absolute Gasteiger partial charge is 0.483 e. The molecule has 9 nitrogen and oxygen atoms in total. The van der Waals surface area contributed by atoms with Crippen LogP contribution in [-0.2, 0) is 14.3 Å². The molecular weight excluding hydrogens is 723 g/mol. The third-order valence-corrected chi connectivity index (χ3v) is 11.4. The van der Waals surface area contributed by atoms with Gasteiger partial charge >= 0.3 is 5.97 Å². The fourth-order valence-electron chi connectivity index (χ4n) is 7.77. The molecule has 9 heteroatoms. The lowest BCUT2D eigenvalue weighted by Crippen LogP contribution is -2.34. The molecule has 0 rings (SSSR count). The van der Waals surface area contributed by atoms with Crippen molar-refractivity contribution in [3.63, 3.8) is 0 Å². The number of carboxylic acid groups (broad SMARTS) is 1. The average molecular weight is 820 g/mol. The van der Waals surface area contributed by atoms with E-state index in [0.29, 0.717) is 19.0 Å². The minimum Gasteiger partial charge on any atom is -0.483 e. The number of nitriles is 1. The van der Waals surface area contributed by atoms with E-state index in [9.17, 15) is 4.79 Å². The van der Waals surface area contributed by atoms with Gasteiger partial charge in [0, 0.05) is 27.1 Å². The Bertz CT molecular complexity index is 909. The molecular formula is C49H97N5O4. The van der Waals surface area contributed by atoms with Crippen LogP contribution in [0.25, 0.3) is 0 Å². The highest BCUT2D eigenvalue weighted by Crippen LogP contribution is 2.25. The van der Waals surface area contributed by atoms with Gasteiger partial charge in [-0.05, 0) is 57.7 Å². The molecule has 0 unspecified atom stereocenters. The Labute approximate surface area is 360 Å². The van der Waals surface area contributed by atoms with Crippen molar-refractivity contribution < 1.29 is 19.4 Å². The van der Waals surface area contributed by atoms with E-state index in [1.165, 1.54) is 193 Å². The second kappa shape index (κ2) is 49.0. The molecule has 0 spiro atoms. The smallest absolute Gasteiger partial charge is 0.305 e. The number of aliphatic imine (C=N–C) groups is 1. The van der Waals surface area contributed by atoms with Gasteiger partial charge in [-0.2, -0.15) is 5.26 Å². The lowest BCUT2D eigenvalue weighted by atomic mass is 9.89. The van der Waals surface area contributed by atoms with Crippen LogP contribution in [0, 0.1) is 17.4 Å². The van der Waals surface area contributed by atoms with Crippen molar-refractivity contribution in [2.75, 3.05) is 46.9 Å². The van der Waals surface area contributed by atoms with Crippen molar-refractivity contribution in [2.45, 2.75) is 239 Å². The lowest BCUT2D eigenvalue weighted by Gasteiger charge is -2.22. The topological polar surface area (TPSA) is 118 Å². The first-order valence-corrected chi connectivity index (χ1v) is 24.7. The van der Waals surface area contributed by atoms with E-state index in [-0.39, 0.29) is 12.4 Å². The summed E-state index contributed by atoms with van der Waals surface area (Å²) in [5.74, 6) is 1.58. The van der Waals surface area contributed by atoms with Crippen molar-refractivity contribution in [2.24, 2.45) is 10.9 Å². The molecule has 0 saturated carbocycles. The van der Waals surface area contributed by atoms with Crippen LogP contribution in [0.3, 0.4) is 0 Å².